The Labute approximate surface area is 366 Å². The zero-order chi connectivity index (χ0) is 42.4. The Morgan fingerprint density at radius 2 is 0.762 bits per heavy atom. The molecule has 9 aromatic rings. The van der Waals surface area contributed by atoms with Crippen molar-refractivity contribution in [1.82, 2.24) is 15.0 Å². The number of allylic oxidation sites excluding steroid dienone is 4. The average molecular weight is 809 g/mol. The molecule has 6 aromatic carbocycles. The van der Waals surface area contributed by atoms with Gasteiger partial charge in [-0.1, -0.05) is 133 Å². The number of rotatable bonds is 10. The van der Waals surface area contributed by atoms with Crippen LogP contribution in [0.25, 0.3) is 78.4 Å². The van der Waals surface area contributed by atoms with Crippen molar-refractivity contribution in [2.75, 3.05) is 5.43 Å². The molecule has 0 bridgehead atoms. The summed E-state index contributed by atoms with van der Waals surface area (Å²) in [5.41, 5.74) is 20.0. The van der Waals surface area contributed by atoms with Crippen molar-refractivity contribution in [3.05, 3.63) is 242 Å². The zero-order valence-electron chi connectivity index (χ0n) is 34.2. The van der Waals surface area contributed by atoms with Crippen LogP contribution in [0.1, 0.15) is 11.1 Å². The van der Waals surface area contributed by atoms with E-state index in [9.17, 15) is 5.41 Å². The Morgan fingerprint density at radius 1 is 0.365 bits per heavy atom. The highest BCUT2D eigenvalue weighted by atomic mass is 15.3. The quantitative estimate of drug-likeness (QED) is 0.106. The highest BCUT2D eigenvalue weighted by Gasteiger charge is 2.23. The zero-order valence-corrected chi connectivity index (χ0v) is 34.2. The van der Waals surface area contributed by atoms with E-state index in [1.54, 1.807) is 12.4 Å². The van der Waals surface area contributed by atoms with Gasteiger partial charge in [-0.3, -0.25) is 20.8 Å². The number of hydrogen-bond acceptors (Lipinski definition) is 6. The molecule has 1 aliphatic carbocycles. The average Bonchev–Trinajstić information content (AvgIpc) is 3.37. The molecule has 1 aliphatic rings. The van der Waals surface area contributed by atoms with E-state index < -0.39 is 0 Å². The molecular formula is C57H40N6. The van der Waals surface area contributed by atoms with Gasteiger partial charge in [-0.25, -0.2) is 4.98 Å². The summed E-state index contributed by atoms with van der Waals surface area (Å²) in [6.07, 6.45) is 7.62. The van der Waals surface area contributed by atoms with Gasteiger partial charge in [0.15, 0.2) is 0 Å². The first kappa shape index (κ1) is 38.6. The minimum absolute atomic E-state index is 0.275. The molecule has 3 heterocycles. The van der Waals surface area contributed by atoms with Gasteiger partial charge in [-0.2, -0.15) is 5.10 Å². The van der Waals surface area contributed by atoms with Crippen LogP contribution in [0.5, 0.6) is 0 Å². The minimum atomic E-state index is 0.275. The third-order valence-electron chi connectivity index (χ3n) is 11.0. The van der Waals surface area contributed by atoms with Crippen LogP contribution in [0.3, 0.4) is 0 Å². The maximum atomic E-state index is 9.78. The maximum Gasteiger partial charge on any atom is 0.116 e. The van der Waals surface area contributed by atoms with Crippen LogP contribution in [-0.4, -0.2) is 26.4 Å². The SMILES string of the molecule is N=C1C=C(c2cc(-c3ccccc3)cc(-c3ccccc3)c2)C=C(c2cc(-c3ccccc3)cc(-c3ccccc3)c2)C1=NNc1cc(-c2ccccn2)nc(-c2ccccn2)c1. The van der Waals surface area contributed by atoms with E-state index in [0.717, 1.165) is 78.2 Å². The summed E-state index contributed by atoms with van der Waals surface area (Å²) in [5, 5.41) is 14.9. The highest BCUT2D eigenvalue weighted by Crippen LogP contribution is 2.38. The van der Waals surface area contributed by atoms with Crippen LogP contribution >= 0.6 is 0 Å². The first-order valence-corrected chi connectivity index (χ1v) is 20.9. The van der Waals surface area contributed by atoms with Crippen molar-refractivity contribution in [2.24, 2.45) is 5.10 Å². The second kappa shape index (κ2) is 17.5. The van der Waals surface area contributed by atoms with E-state index in [1.165, 1.54) is 0 Å². The van der Waals surface area contributed by atoms with Gasteiger partial charge in [-0.05, 0) is 146 Å². The van der Waals surface area contributed by atoms with Crippen LogP contribution in [-0.2, 0) is 0 Å². The molecule has 10 rings (SSSR count). The normalized spacial score (nSPS) is 13.0. The summed E-state index contributed by atoms with van der Waals surface area (Å²) < 4.78 is 0. The standard InChI is InChI=1S/C57H40N6/c58-52-36-48(47-31-43(39-17-5-1-6-18-39)29-44(32-47)40-19-7-2-8-20-40)35-51(49-33-45(41-21-9-3-10-22-41)30-46(34-49)42-23-11-4-12-24-42)57(52)63-62-50-37-55(53-25-13-15-27-59-53)61-56(38-50)54-26-14-16-28-60-54/h1-38,58H,(H,61,62). The number of anilines is 1. The van der Waals surface area contributed by atoms with Crippen molar-refractivity contribution in [2.45, 2.75) is 0 Å². The van der Waals surface area contributed by atoms with Crippen molar-refractivity contribution in [3.8, 4) is 67.3 Å². The molecule has 0 spiro atoms. The minimum Gasteiger partial charge on any atom is -0.299 e. The largest absolute Gasteiger partial charge is 0.299 e. The van der Waals surface area contributed by atoms with Crippen molar-refractivity contribution < 1.29 is 0 Å². The van der Waals surface area contributed by atoms with Gasteiger partial charge in [0.05, 0.1) is 34.2 Å². The second-order valence-electron chi connectivity index (χ2n) is 15.3. The van der Waals surface area contributed by atoms with Gasteiger partial charge < -0.3 is 0 Å². The van der Waals surface area contributed by atoms with E-state index in [-0.39, 0.29) is 5.71 Å². The van der Waals surface area contributed by atoms with Gasteiger partial charge in [0.2, 0.25) is 0 Å². The lowest BCUT2D eigenvalue weighted by Gasteiger charge is -2.21. The van der Waals surface area contributed by atoms with E-state index in [2.05, 4.69) is 155 Å². The molecule has 0 unspecified atom stereocenters. The molecule has 0 saturated heterocycles. The number of pyridine rings is 3. The Hall–Kier alpha value is -8.61. The summed E-state index contributed by atoms with van der Waals surface area (Å²) >= 11 is 0. The van der Waals surface area contributed by atoms with Crippen LogP contribution in [0, 0.1) is 5.41 Å². The predicted octanol–water partition coefficient (Wildman–Crippen LogP) is 13.8. The van der Waals surface area contributed by atoms with Crippen LogP contribution in [0.15, 0.2) is 236 Å². The molecule has 0 fully saturated rings. The van der Waals surface area contributed by atoms with Crippen molar-refractivity contribution in [3.63, 3.8) is 0 Å². The van der Waals surface area contributed by atoms with Crippen LogP contribution in [0.4, 0.5) is 5.69 Å². The number of nitrogens with one attached hydrogen (secondary N) is 2. The summed E-state index contributed by atoms with van der Waals surface area (Å²) in [6.45, 7) is 0. The third-order valence-corrected chi connectivity index (χ3v) is 11.0. The highest BCUT2D eigenvalue weighted by molar-refractivity contribution is 6.62. The smallest absolute Gasteiger partial charge is 0.116 e. The molecule has 0 atom stereocenters. The van der Waals surface area contributed by atoms with Crippen LogP contribution < -0.4 is 5.43 Å². The van der Waals surface area contributed by atoms with Gasteiger partial charge in [-0.15, -0.1) is 0 Å². The molecule has 6 heteroatoms. The Kier molecular flexibility index (Phi) is 10.7. The predicted molar refractivity (Wildman–Crippen MR) is 260 cm³/mol. The fourth-order valence-electron chi connectivity index (χ4n) is 7.91. The second-order valence-corrected chi connectivity index (χ2v) is 15.3. The Balaban J connectivity index is 1.15. The van der Waals surface area contributed by atoms with Crippen LogP contribution in [0.2, 0.25) is 0 Å². The molecule has 0 aliphatic heterocycles. The molecule has 6 nitrogen and oxygen atoms in total. The Bertz CT molecular complexity index is 2990. The summed E-state index contributed by atoms with van der Waals surface area (Å²) in [4.78, 5) is 14.1. The van der Waals surface area contributed by atoms with Gasteiger partial charge >= 0.3 is 0 Å². The lowest BCUT2D eigenvalue weighted by atomic mass is 9.84. The fourth-order valence-corrected chi connectivity index (χ4v) is 7.91. The maximum absolute atomic E-state index is 9.78. The van der Waals surface area contributed by atoms with Crippen molar-refractivity contribution >= 4 is 28.3 Å². The van der Waals surface area contributed by atoms with E-state index in [4.69, 9.17) is 10.1 Å². The number of hydrogen-bond donors (Lipinski definition) is 2. The van der Waals surface area contributed by atoms with E-state index >= 15 is 0 Å². The first-order valence-electron chi connectivity index (χ1n) is 20.9. The molecule has 2 N–H and O–H groups in total. The molecule has 0 radical (unpaired) electrons. The molecule has 298 valence electrons. The summed E-state index contributed by atoms with van der Waals surface area (Å²) in [5.74, 6) is 0. The van der Waals surface area contributed by atoms with Crippen molar-refractivity contribution in [1.29, 1.82) is 5.41 Å². The molecule has 3 aromatic heterocycles. The number of aromatic nitrogens is 3. The first-order chi connectivity index (χ1) is 31.1. The topological polar surface area (TPSA) is 86.9 Å². The fraction of sp³-hybridized carbons (Fsp3) is 0. The third kappa shape index (κ3) is 8.55. The molecule has 63 heavy (non-hydrogen) atoms. The molecule has 0 amide bonds. The van der Waals surface area contributed by atoms with E-state index in [0.29, 0.717) is 22.8 Å². The number of hydrazone groups is 1. The monoisotopic (exact) mass is 808 g/mol. The summed E-state index contributed by atoms with van der Waals surface area (Å²) in [6, 6.07) is 70.5. The molecular weight excluding hydrogens is 769 g/mol. The number of nitrogens with zero attached hydrogens (tertiary/aromatic N) is 4. The molecule has 0 saturated carbocycles. The van der Waals surface area contributed by atoms with E-state index in [1.807, 2.05) is 78.9 Å². The number of benzene rings is 6. The Morgan fingerprint density at radius 3 is 1.17 bits per heavy atom. The summed E-state index contributed by atoms with van der Waals surface area (Å²) in [7, 11) is 0. The lowest BCUT2D eigenvalue weighted by Crippen LogP contribution is -2.19. The lowest BCUT2D eigenvalue weighted by molar-refractivity contribution is 1.21. The van der Waals surface area contributed by atoms with Gasteiger partial charge in [0, 0.05) is 18.0 Å². The van der Waals surface area contributed by atoms with Gasteiger partial charge in [0.25, 0.3) is 0 Å². The van der Waals surface area contributed by atoms with Gasteiger partial charge in [0.1, 0.15) is 5.71 Å².